The maximum Gasteiger partial charge on any atom is 0.255 e. The summed E-state index contributed by atoms with van der Waals surface area (Å²) >= 11 is 0. The third-order valence-electron chi connectivity index (χ3n) is 5.01. The zero-order valence-electron chi connectivity index (χ0n) is 14.2. The first-order valence-corrected chi connectivity index (χ1v) is 9.66. The molecule has 0 aliphatic carbocycles. The molecule has 3 aliphatic heterocycles. The molecule has 25 heavy (non-hydrogen) atoms. The van der Waals surface area contributed by atoms with Crippen LogP contribution in [0.4, 0.5) is 0 Å². The minimum absolute atomic E-state index is 0. The molecule has 0 spiro atoms. The van der Waals surface area contributed by atoms with Crippen molar-refractivity contribution < 1.29 is 23.4 Å². The van der Waals surface area contributed by atoms with E-state index in [9.17, 15) is 13.2 Å². The molecule has 140 valence electrons. The SMILES string of the molecule is COc1ccc(S(N)(=O)=O)cc1C(=O)NCC1CC2CCN1CC2.O. The third kappa shape index (κ3) is 4.30. The molecule has 1 atom stereocenters. The summed E-state index contributed by atoms with van der Waals surface area (Å²) < 4.78 is 28.2. The molecule has 0 aromatic heterocycles. The largest absolute Gasteiger partial charge is 0.496 e. The number of amides is 1. The summed E-state index contributed by atoms with van der Waals surface area (Å²) in [5.41, 5.74) is 0.181. The van der Waals surface area contributed by atoms with Crippen LogP contribution in [0.5, 0.6) is 5.75 Å². The van der Waals surface area contributed by atoms with Gasteiger partial charge in [-0.3, -0.25) is 9.69 Å². The summed E-state index contributed by atoms with van der Waals surface area (Å²) in [6, 6.07) is 4.39. The van der Waals surface area contributed by atoms with Crippen LogP contribution in [-0.4, -0.2) is 57.5 Å². The maximum atomic E-state index is 12.5. The number of benzene rings is 1. The van der Waals surface area contributed by atoms with E-state index < -0.39 is 10.0 Å². The monoisotopic (exact) mass is 371 g/mol. The van der Waals surface area contributed by atoms with Gasteiger partial charge in [-0.2, -0.15) is 0 Å². The average Bonchev–Trinajstić information content (AvgIpc) is 2.59. The number of nitrogens with two attached hydrogens (primary N) is 1. The Labute approximate surface area is 147 Å². The molecule has 1 unspecified atom stereocenters. The topological polar surface area (TPSA) is 133 Å². The number of fused-ring (bicyclic) bond motifs is 3. The maximum absolute atomic E-state index is 12.5. The van der Waals surface area contributed by atoms with Crippen molar-refractivity contribution in [3.05, 3.63) is 23.8 Å². The smallest absolute Gasteiger partial charge is 0.255 e. The number of hydrogen-bond acceptors (Lipinski definition) is 5. The van der Waals surface area contributed by atoms with Crippen molar-refractivity contribution >= 4 is 15.9 Å². The van der Waals surface area contributed by atoms with Gasteiger partial charge in [0.25, 0.3) is 5.91 Å². The summed E-state index contributed by atoms with van der Waals surface area (Å²) in [6.45, 7) is 2.74. The highest BCUT2D eigenvalue weighted by molar-refractivity contribution is 7.89. The Morgan fingerprint density at radius 1 is 1.36 bits per heavy atom. The summed E-state index contributed by atoms with van der Waals surface area (Å²) in [6.07, 6.45) is 3.60. The van der Waals surface area contributed by atoms with Gasteiger partial charge in [-0.1, -0.05) is 0 Å². The van der Waals surface area contributed by atoms with Crippen molar-refractivity contribution in [2.75, 3.05) is 26.7 Å². The number of carbonyl (C=O) groups excluding carboxylic acids is 1. The highest BCUT2D eigenvalue weighted by atomic mass is 32.2. The highest BCUT2D eigenvalue weighted by Gasteiger charge is 2.33. The summed E-state index contributed by atoms with van der Waals surface area (Å²) in [5.74, 6) is 0.738. The van der Waals surface area contributed by atoms with E-state index in [1.807, 2.05) is 0 Å². The number of primary sulfonamides is 1. The molecule has 0 saturated carbocycles. The van der Waals surface area contributed by atoms with Gasteiger partial charge in [-0.25, -0.2) is 13.6 Å². The number of hydrogen-bond donors (Lipinski definition) is 2. The molecule has 8 nitrogen and oxygen atoms in total. The second-order valence-corrected chi connectivity index (χ2v) is 8.05. The lowest BCUT2D eigenvalue weighted by molar-refractivity contribution is 0.0481. The number of methoxy groups -OCH3 is 1. The second-order valence-electron chi connectivity index (χ2n) is 6.49. The number of sulfonamides is 1. The standard InChI is InChI=1S/C16H23N3O4S.H2O/c1-23-15-3-2-13(24(17,21)22)9-14(15)16(20)18-10-12-8-11-4-6-19(12)7-5-11;/h2-3,9,11-12H,4-8,10H2,1H3,(H,18,20)(H2,17,21,22);1H2. The van der Waals surface area contributed by atoms with Crippen LogP contribution in [0, 0.1) is 5.92 Å². The lowest BCUT2D eigenvalue weighted by Gasteiger charge is -2.45. The number of ether oxygens (including phenoxy) is 1. The van der Waals surface area contributed by atoms with E-state index in [2.05, 4.69) is 10.2 Å². The number of carbonyl (C=O) groups is 1. The molecule has 5 N–H and O–H groups in total. The first kappa shape index (κ1) is 19.6. The van der Waals surface area contributed by atoms with Crippen molar-refractivity contribution in [2.45, 2.75) is 30.2 Å². The molecule has 9 heteroatoms. The van der Waals surface area contributed by atoms with Crippen molar-refractivity contribution in [3.63, 3.8) is 0 Å². The zero-order chi connectivity index (χ0) is 17.3. The molecule has 3 saturated heterocycles. The molecular formula is C16H25N3O5S. The Morgan fingerprint density at radius 2 is 2.04 bits per heavy atom. The van der Waals surface area contributed by atoms with Gasteiger partial charge in [0.05, 0.1) is 17.6 Å². The fourth-order valence-corrected chi connectivity index (χ4v) is 4.19. The van der Waals surface area contributed by atoms with Crippen LogP contribution < -0.4 is 15.2 Å². The molecule has 1 amide bonds. The Morgan fingerprint density at radius 3 is 2.56 bits per heavy atom. The third-order valence-corrected chi connectivity index (χ3v) is 5.92. The molecular weight excluding hydrogens is 346 g/mol. The van der Waals surface area contributed by atoms with Gasteiger partial charge in [0.15, 0.2) is 0 Å². The van der Waals surface area contributed by atoms with Crippen molar-refractivity contribution in [3.8, 4) is 5.75 Å². The highest BCUT2D eigenvalue weighted by Crippen LogP contribution is 2.31. The summed E-state index contributed by atoms with van der Waals surface area (Å²) in [7, 11) is -2.43. The first-order valence-electron chi connectivity index (χ1n) is 8.11. The van der Waals surface area contributed by atoms with Crippen LogP contribution in [0.3, 0.4) is 0 Å². The van der Waals surface area contributed by atoms with Crippen LogP contribution in [0.1, 0.15) is 29.6 Å². The lowest BCUT2D eigenvalue weighted by atomic mass is 9.83. The van der Waals surface area contributed by atoms with E-state index in [4.69, 9.17) is 9.88 Å². The quantitative estimate of drug-likeness (QED) is 0.735. The molecule has 2 bridgehead atoms. The van der Waals surface area contributed by atoms with Crippen LogP contribution in [0.15, 0.2) is 23.1 Å². The van der Waals surface area contributed by atoms with E-state index in [-0.39, 0.29) is 21.8 Å². The molecule has 1 aromatic rings. The Bertz CT molecular complexity index is 729. The molecule has 4 rings (SSSR count). The molecule has 0 radical (unpaired) electrons. The van der Waals surface area contributed by atoms with Gasteiger partial charge in [0.1, 0.15) is 5.75 Å². The van der Waals surface area contributed by atoms with E-state index in [0.717, 1.165) is 25.4 Å². The van der Waals surface area contributed by atoms with E-state index in [1.54, 1.807) is 0 Å². The lowest BCUT2D eigenvalue weighted by Crippen LogP contribution is -2.53. The van der Waals surface area contributed by atoms with Crippen LogP contribution >= 0.6 is 0 Å². The Balaban J connectivity index is 0.00000225. The predicted molar refractivity (Wildman–Crippen MR) is 93.0 cm³/mol. The number of nitrogens with zero attached hydrogens (tertiary/aromatic N) is 1. The van der Waals surface area contributed by atoms with Crippen molar-refractivity contribution in [2.24, 2.45) is 11.1 Å². The van der Waals surface area contributed by atoms with Gasteiger partial charge >= 0.3 is 0 Å². The molecule has 3 heterocycles. The number of nitrogens with one attached hydrogen (secondary N) is 1. The van der Waals surface area contributed by atoms with Gasteiger partial charge in [0.2, 0.25) is 10.0 Å². The summed E-state index contributed by atoms with van der Waals surface area (Å²) in [4.78, 5) is 14.8. The molecule has 1 aromatic carbocycles. The minimum atomic E-state index is -3.87. The van der Waals surface area contributed by atoms with E-state index >= 15 is 0 Å². The normalized spacial score (nSPS) is 25.1. The van der Waals surface area contributed by atoms with Gasteiger partial charge in [-0.05, 0) is 56.5 Å². The second kappa shape index (κ2) is 7.69. The first-order chi connectivity index (χ1) is 11.4. The molecule has 3 fully saturated rings. The summed E-state index contributed by atoms with van der Waals surface area (Å²) in [5, 5.41) is 8.05. The van der Waals surface area contributed by atoms with Crippen LogP contribution in [0.2, 0.25) is 0 Å². The van der Waals surface area contributed by atoms with E-state index in [0.29, 0.717) is 18.3 Å². The van der Waals surface area contributed by atoms with Crippen molar-refractivity contribution in [1.82, 2.24) is 10.2 Å². The average molecular weight is 371 g/mol. The van der Waals surface area contributed by atoms with Gasteiger partial charge < -0.3 is 15.5 Å². The Kier molecular flexibility index (Phi) is 6.04. The Hall–Kier alpha value is -1.68. The van der Waals surface area contributed by atoms with E-state index in [1.165, 1.54) is 38.2 Å². The van der Waals surface area contributed by atoms with Gasteiger partial charge in [-0.15, -0.1) is 0 Å². The van der Waals surface area contributed by atoms with Gasteiger partial charge in [0, 0.05) is 12.6 Å². The van der Waals surface area contributed by atoms with Crippen molar-refractivity contribution in [1.29, 1.82) is 0 Å². The van der Waals surface area contributed by atoms with Crippen LogP contribution in [-0.2, 0) is 10.0 Å². The fourth-order valence-electron chi connectivity index (χ4n) is 3.65. The molecule has 3 aliphatic rings. The minimum Gasteiger partial charge on any atom is -0.496 e. The number of rotatable bonds is 5. The zero-order valence-corrected chi connectivity index (χ0v) is 15.0. The van der Waals surface area contributed by atoms with Crippen LogP contribution in [0.25, 0.3) is 0 Å². The number of piperidine rings is 3. The predicted octanol–water partition coefficient (Wildman–Crippen LogP) is -0.268. The fraction of sp³-hybridized carbons (Fsp3) is 0.562.